The summed E-state index contributed by atoms with van der Waals surface area (Å²) in [5, 5.41) is 7.79. The first-order valence-electron chi connectivity index (χ1n) is 7.30. The number of benzene rings is 2. The fourth-order valence-corrected chi connectivity index (χ4v) is 2.69. The molecule has 1 aliphatic rings. The Hall–Kier alpha value is -1.98. The molecule has 4 nitrogen and oxygen atoms in total. The van der Waals surface area contributed by atoms with Crippen molar-refractivity contribution in [1.29, 1.82) is 0 Å². The van der Waals surface area contributed by atoms with E-state index in [2.05, 4.69) is 17.6 Å². The zero-order chi connectivity index (χ0) is 16.2. The predicted molar refractivity (Wildman–Crippen MR) is 95.0 cm³/mol. The number of thiocarbonyl (C=S) groups is 1. The van der Waals surface area contributed by atoms with E-state index in [0.29, 0.717) is 11.7 Å². The van der Waals surface area contributed by atoms with Crippen LogP contribution in [0.1, 0.15) is 24.1 Å². The average molecular weight is 349 g/mol. The third kappa shape index (κ3) is 4.06. The molecular formula is C17H17ClN2O2S. The molecular weight excluding hydrogens is 332 g/mol. The highest BCUT2D eigenvalue weighted by Gasteiger charge is 2.13. The van der Waals surface area contributed by atoms with Gasteiger partial charge in [0.1, 0.15) is 0 Å². The molecule has 0 spiro atoms. The number of rotatable bonds is 4. The van der Waals surface area contributed by atoms with Crippen molar-refractivity contribution < 1.29 is 9.47 Å². The summed E-state index contributed by atoms with van der Waals surface area (Å²) in [7, 11) is 0. The lowest BCUT2D eigenvalue weighted by Gasteiger charge is -2.17. The molecule has 0 aliphatic carbocycles. The number of nitrogens with one attached hydrogen (secondary N) is 2. The van der Waals surface area contributed by atoms with E-state index in [4.69, 9.17) is 33.3 Å². The molecule has 6 heteroatoms. The molecule has 0 amide bonds. The Balaban J connectivity index is 1.52. The van der Waals surface area contributed by atoms with E-state index in [1.807, 2.05) is 42.5 Å². The van der Waals surface area contributed by atoms with Crippen molar-refractivity contribution in [3.63, 3.8) is 0 Å². The summed E-state index contributed by atoms with van der Waals surface area (Å²) in [4.78, 5) is 0. The van der Waals surface area contributed by atoms with Crippen molar-refractivity contribution in [2.24, 2.45) is 0 Å². The molecule has 2 N–H and O–H groups in total. The van der Waals surface area contributed by atoms with E-state index in [1.165, 1.54) is 0 Å². The quantitative estimate of drug-likeness (QED) is 0.823. The average Bonchev–Trinajstić information content (AvgIpc) is 3.01. The van der Waals surface area contributed by atoms with Crippen LogP contribution >= 0.6 is 23.8 Å². The van der Waals surface area contributed by atoms with Crippen LogP contribution in [-0.4, -0.2) is 11.9 Å². The minimum absolute atomic E-state index is 0.101. The highest BCUT2D eigenvalue weighted by Crippen LogP contribution is 2.32. The SMILES string of the molecule is C[C@@H](NC(=S)NCc1ccc2c(c1)OCO2)c1ccc(Cl)cc1. The molecule has 0 bridgehead atoms. The van der Waals surface area contributed by atoms with Crippen LogP contribution in [0.15, 0.2) is 42.5 Å². The van der Waals surface area contributed by atoms with Crippen molar-refractivity contribution in [2.75, 3.05) is 6.79 Å². The fourth-order valence-electron chi connectivity index (χ4n) is 2.32. The molecule has 0 radical (unpaired) electrons. The summed E-state index contributed by atoms with van der Waals surface area (Å²) in [6, 6.07) is 13.7. The standard InChI is InChI=1S/C17H17ClN2O2S/c1-11(13-3-5-14(18)6-4-13)20-17(23)19-9-12-2-7-15-16(8-12)22-10-21-15/h2-8,11H,9-10H2,1H3,(H2,19,20,23)/t11-/m1/s1. The van der Waals surface area contributed by atoms with Gasteiger partial charge in [-0.2, -0.15) is 0 Å². The Morgan fingerprint density at radius 2 is 1.91 bits per heavy atom. The second-order valence-electron chi connectivity index (χ2n) is 5.29. The van der Waals surface area contributed by atoms with Gasteiger partial charge in [-0.15, -0.1) is 0 Å². The summed E-state index contributed by atoms with van der Waals surface area (Å²) >= 11 is 11.3. The van der Waals surface area contributed by atoms with Gasteiger partial charge in [-0.05, 0) is 54.5 Å². The van der Waals surface area contributed by atoms with E-state index >= 15 is 0 Å². The van der Waals surface area contributed by atoms with E-state index in [9.17, 15) is 0 Å². The summed E-state index contributed by atoms with van der Waals surface area (Å²) in [6.45, 7) is 2.96. The van der Waals surface area contributed by atoms with Crippen molar-refractivity contribution in [2.45, 2.75) is 19.5 Å². The van der Waals surface area contributed by atoms with E-state index < -0.39 is 0 Å². The van der Waals surface area contributed by atoms with E-state index in [1.54, 1.807) is 0 Å². The number of ether oxygens (including phenoxy) is 2. The lowest BCUT2D eigenvalue weighted by atomic mass is 10.1. The summed E-state index contributed by atoms with van der Waals surface area (Å²) in [5.41, 5.74) is 2.21. The van der Waals surface area contributed by atoms with E-state index in [0.717, 1.165) is 27.6 Å². The van der Waals surface area contributed by atoms with Crippen molar-refractivity contribution in [3.8, 4) is 11.5 Å². The third-order valence-electron chi connectivity index (χ3n) is 3.61. The molecule has 2 aromatic carbocycles. The van der Waals surface area contributed by atoms with Crippen LogP contribution in [0, 0.1) is 0 Å². The largest absolute Gasteiger partial charge is 0.454 e. The van der Waals surface area contributed by atoms with Gasteiger partial charge in [-0.3, -0.25) is 0 Å². The first-order valence-corrected chi connectivity index (χ1v) is 8.09. The topological polar surface area (TPSA) is 42.5 Å². The van der Waals surface area contributed by atoms with Gasteiger partial charge < -0.3 is 20.1 Å². The van der Waals surface area contributed by atoms with Crippen LogP contribution in [0.4, 0.5) is 0 Å². The van der Waals surface area contributed by atoms with Gasteiger partial charge in [0.2, 0.25) is 6.79 Å². The number of hydrogen-bond acceptors (Lipinski definition) is 3. The summed E-state index contributed by atoms with van der Waals surface area (Å²) in [5.74, 6) is 1.56. The van der Waals surface area contributed by atoms with Gasteiger partial charge >= 0.3 is 0 Å². The van der Waals surface area contributed by atoms with Crippen LogP contribution in [0.2, 0.25) is 5.02 Å². The Labute approximate surface area is 145 Å². The Morgan fingerprint density at radius 1 is 1.17 bits per heavy atom. The number of hydrogen-bond donors (Lipinski definition) is 2. The molecule has 0 aromatic heterocycles. The Kier molecular flexibility index (Phi) is 4.88. The maximum atomic E-state index is 5.90. The minimum Gasteiger partial charge on any atom is -0.454 e. The Morgan fingerprint density at radius 3 is 2.70 bits per heavy atom. The Bertz CT molecular complexity index is 706. The summed E-state index contributed by atoms with van der Waals surface area (Å²) < 4.78 is 10.7. The van der Waals surface area contributed by atoms with Gasteiger partial charge in [0.15, 0.2) is 16.6 Å². The highest BCUT2D eigenvalue weighted by molar-refractivity contribution is 7.80. The van der Waals surface area contributed by atoms with Crippen molar-refractivity contribution in [1.82, 2.24) is 10.6 Å². The van der Waals surface area contributed by atoms with Gasteiger partial charge in [-0.25, -0.2) is 0 Å². The molecule has 0 fully saturated rings. The van der Waals surface area contributed by atoms with Crippen LogP contribution in [-0.2, 0) is 6.54 Å². The first kappa shape index (κ1) is 15.9. The van der Waals surface area contributed by atoms with Gasteiger partial charge in [0, 0.05) is 11.6 Å². The number of fused-ring (bicyclic) bond motifs is 1. The molecule has 1 aliphatic heterocycles. The second-order valence-corrected chi connectivity index (χ2v) is 6.13. The molecule has 1 atom stereocenters. The normalized spacial score (nSPS) is 13.5. The van der Waals surface area contributed by atoms with E-state index in [-0.39, 0.29) is 12.8 Å². The smallest absolute Gasteiger partial charge is 0.231 e. The molecule has 1 heterocycles. The predicted octanol–water partition coefficient (Wildman–Crippen LogP) is 3.79. The minimum atomic E-state index is 0.101. The van der Waals surface area contributed by atoms with Gasteiger partial charge in [0.05, 0.1) is 6.04 Å². The second kappa shape index (κ2) is 7.06. The maximum Gasteiger partial charge on any atom is 0.231 e. The molecule has 23 heavy (non-hydrogen) atoms. The van der Waals surface area contributed by atoms with Crippen molar-refractivity contribution in [3.05, 3.63) is 58.6 Å². The molecule has 120 valence electrons. The van der Waals surface area contributed by atoms with Crippen LogP contribution in [0.3, 0.4) is 0 Å². The molecule has 0 unspecified atom stereocenters. The van der Waals surface area contributed by atoms with Crippen LogP contribution in [0.25, 0.3) is 0 Å². The van der Waals surface area contributed by atoms with Crippen LogP contribution in [0.5, 0.6) is 11.5 Å². The first-order chi connectivity index (χ1) is 11.1. The molecule has 0 saturated heterocycles. The maximum absolute atomic E-state index is 5.90. The van der Waals surface area contributed by atoms with Gasteiger partial charge in [0.25, 0.3) is 0 Å². The highest BCUT2D eigenvalue weighted by atomic mass is 35.5. The zero-order valence-electron chi connectivity index (χ0n) is 12.6. The zero-order valence-corrected chi connectivity index (χ0v) is 14.2. The fraction of sp³-hybridized carbons (Fsp3) is 0.235. The lowest BCUT2D eigenvalue weighted by Crippen LogP contribution is -2.36. The summed E-state index contributed by atoms with van der Waals surface area (Å²) in [6.07, 6.45) is 0. The molecule has 3 rings (SSSR count). The molecule has 2 aromatic rings. The molecule has 0 saturated carbocycles. The third-order valence-corrected chi connectivity index (χ3v) is 4.12. The lowest BCUT2D eigenvalue weighted by molar-refractivity contribution is 0.174. The number of halogens is 1. The van der Waals surface area contributed by atoms with Crippen LogP contribution < -0.4 is 20.1 Å². The monoisotopic (exact) mass is 348 g/mol. The van der Waals surface area contributed by atoms with Gasteiger partial charge in [-0.1, -0.05) is 29.8 Å². The van der Waals surface area contributed by atoms with Crippen molar-refractivity contribution >= 4 is 28.9 Å².